The highest BCUT2D eigenvalue weighted by Gasteiger charge is 2.66. The summed E-state index contributed by atoms with van der Waals surface area (Å²) < 4.78 is 12.7. The molecule has 3 nitrogen and oxygen atoms in total. The van der Waals surface area contributed by atoms with Crippen molar-refractivity contribution in [3.05, 3.63) is 81.8 Å². The lowest BCUT2D eigenvalue weighted by atomic mass is 9.96. The van der Waals surface area contributed by atoms with Crippen molar-refractivity contribution in [2.75, 3.05) is 0 Å². The van der Waals surface area contributed by atoms with Crippen molar-refractivity contribution in [1.29, 1.82) is 0 Å². The van der Waals surface area contributed by atoms with Crippen molar-refractivity contribution < 1.29 is 14.3 Å². The zero-order valence-corrected chi connectivity index (χ0v) is 19.9. The van der Waals surface area contributed by atoms with Gasteiger partial charge in [-0.2, -0.15) is 0 Å². The third-order valence-corrected chi connectivity index (χ3v) is 5.75. The van der Waals surface area contributed by atoms with Gasteiger partial charge in [-0.15, -0.1) is 0 Å². The molecule has 29 heavy (non-hydrogen) atoms. The third-order valence-electron chi connectivity index (χ3n) is 5.29. The lowest BCUT2D eigenvalue weighted by Gasteiger charge is -2.21. The molecule has 0 N–H and O–H groups in total. The SMILES string of the molecule is CC=CC(OC(=O)C1(C=C(Br)Br)CC1(C)C)c1cccc(Oc2ccccc2)c1. The van der Waals surface area contributed by atoms with E-state index in [1.54, 1.807) is 0 Å². The molecule has 0 saturated heterocycles. The van der Waals surface area contributed by atoms with Crippen molar-refractivity contribution in [1.82, 2.24) is 0 Å². The van der Waals surface area contributed by atoms with E-state index in [-0.39, 0.29) is 11.4 Å². The van der Waals surface area contributed by atoms with Gasteiger partial charge in [-0.25, -0.2) is 0 Å². The fraction of sp³-hybridized carbons (Fsp3) is 0.292. The van der Waals surface area contributed by atoms with Crippen molar-refractivity contribution in [2.45, 2.75) is 33.3 Å². The van der Waals surface area contributed by atoms with Crippen LogP contribution in [-0.4, -0.2) is 5.97 Å². The minimum absolute atomic E-state index is 0.143. The standard InChI is InChI=1S/C24H24Br2O3/c1-4-9-20(29-22(27)24(15-21(25)26)16-23(24,2)3)17-10-8-13-19(14-17)28-18-11-6-5-7-12-18/h4-15,20H,16H2,1-3H3. The molecule has 0 amide bonds. The van der Waals surface area contributed by atoms with Crippen LogP contribution >= 0.6 is 31.9 Å². The van der Waals surface area contributed by atoms with Gasteiger partial charge in [-0.3, -0.25) is 4.79 Å². The number of ether oxygens (including phenoxy) is 2. The van der Waals surface area contributed by atoms with Crippen LogP contribution in [0.5, 0.6) is 11.5 Å². The fourth-order valence-electron chi connectivity index (χ4n) is 3.49. The molecule has 2 aromatic rings. The van der Waals surface area contributed by atoms with E-state index in [1.807, 2.05) is 79.7 Å². The maximum absolute atomic E-state index is 13.1. The van der Waals surface area contributed by atoms with Gasteiger partial charge in [0.05, 0.1) is 8.81 Å². The summed E-state index contributed by atoms with van der Waals surface area (Å²) in [6.45, 7) is 6.07. The van der Waals surface area contributed by atoms with Crippen LogP contribution in [0.3, 0.4) is 0 Å². The molecular formula is C24H24Br2O3. The number of hydrogen-bond donors (Lipinski definition) is 0. The first-order chi connectivity index (χ1) is 13.8. The zero-order chi connectivity index (χ0) is 21.1. The van der Waals surface area contributed by atoms with Gasteiger partial charge < -0.3 is 9.47 Å². The van der Waals surface area contributed by atoms with Gasteiger partial charge in [0.1, 0.15) is 17.6 Å². The summed E-state index contributed by atoms with van der Waals surface area (Å²) in [7, 11) is 0. The Morgan fingerprint density at radius 3 is 2.31 bits per heavy atom. The predicted molar refractivity (Wildman–Crippen MR) is 123 cm³/mol. The van der Waals surface area contributed by atoms with Crippen molar-refractivity contribution in [3.63, 3.8) is 0 Å². The Hall–Kier alpha value is -1.85. The Bertz CT molecular complexity index is 930. The molecule has 1 aliphatic rings. The number of hydrogen-bond acceptors (Lipinski definition) is 3. The molecule has 2 atom stereocenters. The third kappa shape index (κ3) is 5.01. The van der Waals surface area contributed by atoms with Gasteiger partial charge in [0.25, 0.3) is 0 Å². The zero-order valence-electron chi connectivity index (χ0n) is 16.7. The van der Waals surface area contributed by atoms with Crippen LogP contribution < -0.4 is 4.74 Å². The molecule has 1 fully saturated rings. The molecular weight excluding hydrogens is 496 g/mol. The fourth-order valence-corrected chi connectivity index (χ4v) is 4.27. The average molecular weight is 520 g/mol. The largest absolute Gasteiger partial charge is 0.457 e. The molecule has 3 rings (SSSR count). The topological polar surface area (TPSA) is 35.5 Å². The molecule has 0 spiro atoms. The monoisotopic (exact) mass is 518 g/mol. The highest BCUT2D eigenvalue weighted by Crippen LogP contribution is 2.66. The second-order valence-electron chi connectivity index (χ2n) is 7.81. The minimum Gasteiger partial charge on any atom is -0.457 e. The van der Waals surface area contributed by atoms with E-state index in [2.05, 4.69) is 45.7 Å². The molecule has 2 unspecified atom stereocenters. The molecule has 0 aromatic heterocycles. The van der Waals surface area contributed by atoms with Gasteiger partial charge in [0.2, 0.25) is 0 Å². The first-order valence-electron chi connectivity index (χ1n) is 9.48. The Kier molecular flexibility index (Phi) is 6.69. The maximum atomic E-state index is 13.1. The van der Waals surface area contributed by atoms with Gasteiger partial charge in [-0.1, -0.05) is 50.3 Å². The summed E-state index contributed by atoms with van der Waals surface area (Å²) in [5.41, 5.74) is 0.0866. The summed E-state index contributed by atoms with van der Waals surface area (Å²) in [5.74, 6) is 1.23. The lowest BCUT2D eigenvalue weighted by Crippen LogP contribution is -2.24. The lowest BCUT2D eigenvalue weighted by molar-refractivity contribution is -0.153. The maximum Gasteiger partial charge on any atom is 0.317 e. The van der Waals surface area contributed by atoms with Gasteiger partial charge >= 0.3 is 5.97 Å². The number of allylic oxidation sites excluding steroid dienone is 1. The Labute approximate surface area is 189 Å². The van der Waals surface area contributed by atoms with E-state index in [9.17, 15) is 4.79 Å². The van der Waals surface area contributed by atoms with Crippen LogP contribution in [0.1, 0.15) is 38.9 Å². The van der Waals surface area contributed by atoms with E-state index >= 15 is 0 Å². The summed E-state index contributed by atoms with van der Waals surface area (Å²) in [5, 5.41) is 0. The smallest absolute Gasteiger partial charge is 0.317 e. The average Bonchev–Trinajstić information content (AvgIpc) is 3.23. The van der Waals surface area contributed by atoms with Crippen LogP contribution in [0.15, 0.2) is 76.2 Å². The molecule has 0 heterocycles. The highest BCUT2D eigenvalue weighted by atomic mass is 79.9. The second-order valence-corrected chi connectivity index (χ2v) is 10.6. The van der Waals surface area contributed by atoms with E-state index < -0.39 is 11.5 Å². The first-order valence-corrected chi connectivity index (χ1v) is 11.1. The molecule has 2 aromatic carbocycles. The minimum atomic E-state index is -0.632. The van der Waals surface area contributed by atoms with Gasteiger partial charge in [-0.05, 0) is 87.0 Å². The van der Waals surface area contributed by atoms with E-state index in [0.29, 0.717) is 5.75 Å². The van der Waals surface area contributed by atoms with E-state index in [4.69, 9.17) is 9.47 Å². The molecule has 0 radical (unpaired) electrons. The Morgan fingerprint density at radius 1 is 1.07 bits per heavy atom. The summed E-state index contributed by atoms with van der Waals surface area (Å²) in [4.78, 5) is 13.1. The number of carbonyl (C=O) groups excluding carboxylic acids is 1. The number of rotatable bonds is 7. The second kappa shape index (κ2) is 8.88. The van der Waals surface area contributed by atoms with E-state index in [0.717, 1.165) is 21.1 Å². The number of esters is 1. The van der Waals surface area contributed by atoms with Gasteiger partial charge in [0, 0.05) is 5.56 Å². The number of para-hydroxylation sites is 1. The number of halogens is 2. The summed E-state index contributed by atoms with van der Waals surface area (Å²) >= 11 is 6.79. The van der Waals surface area contributed by atoms with Crippen molar-refractivity contribution in [3.8, 4) is 11.5 Å². The van der Waals surface area contributed by atoms with Gasteiger partial charge in [0.15, 0.2) is 0 Å². The Balaban J connectivity index is 1.82. The molecule has 152 valence electrons. The van der Waals surface area contributed by atoms with Crippen molar-refractivity contribution >= 4 is 37.8 Å². The van der Waals surface area contributed by atoms with Crippen LogP contribution in [0, 0.1) is 10.8 Å². The van der Waals surface area contributed by atoms with Crippen LogP contribution in [0.25, 0.3) is 0 Å². The summed E-state index contributed by atoms with van der Waals surface area (Å²) in [6.07, 6.45) is 5.94. The quantitative estimate of drug-likeness (QED) is 0.278. The number of benzene rings is 2. The molecule has 1 saturated carbocycles. The first kappa shape index (κ1) is 21.8. The molecule has 0 bridgehead atoms. The van der Waals surface area contributed by atoms with Crippen LogP contribution in [0.2, 0.25) is 0 Å². The molecule has 5 heteroatoms. The molecule has 1 aliphatic carbocycles. The highest BCUT2D eigenvalue weighted by molar-refractivity contribution is 9.28. The Morgan fingerprint density at radius 2 is 1.72 bits per heavy atom. The molecule has 0 aliphatic heterocycles. The predicted octanol–water partition coefficient (Wildman–Crippen LogP) is 7.69. The van der Waals surface area contributed by atoms with Crippen LogP contribution in [-0.2, 0) is 9.53 Å². The normalized spacial score (nSPS) is 20.7. The number of carbonyl (C=O) groups is 1. The van der Waals surface area contributed by atoms with Crippen molar-refractivity contribution in [2.24, 2.45) is 10.8 Å². The van der Waals surface area contributed by atoms with Crippen LogP contribution in [0.4, 0.5) is 0 Å². The summed E-state index contributed by atoms with van der Waals surface area (Å²) in [6, 6.07) is 17.2. The van der Waals surface area contributed by atoms with E-state index in [1.165, 1.54) is 0 Å².